The number of thiophene rings is 1. The number of para-hydroxylation sites is 1. The molecule has 1 N–H and O–H groups in total. The van der Waals surface area contributed by atoms with Crippen LogP contribution < -0.4 is 4.72 Å². The summed E-state index contributed by atoms with van der Waals surface area (Å²) in [6, 6.07) is 18.7. The number of carbonyl (C=O) groups is 1. The van der Waals surface area contributed by atoms with Crippen molar-refractivity contribution in [2.75, 3.05) is 4.72 Å². The number of benzene rings is 2. The second-order valence-corrected chi connectivity index (χ2v) is 9.03. The Morgan fingerprint density at radius 2 is 1.80 bits per heavy atom. The van der Waals surface area contributed by atoms with Gasteiger partial charge in [-0.25, -0.2) is 18.2 Å². The smallest absolute Gasteiger partial charge is 0.340 e. The zero-order valence-electron chi connectivity index (χ0n) is 15.5. The second-order valence-electron chi connectivity index (χ2n) is 6.17. The number of anilines is 1. The van der Waals surface area contributed by atoms with E-state index in [2.05, 4.69) is 9.71 Å². The normalized spacial score (nSPS) is 11.2. The van der Waals surface area contributed by atoms with Crippen LogP contribution in [0.1, 0.15) is 16.1 Å². The molecule has 2 heterocycles. The van der Waals surface area contributed by atoms with Gasteiger partial charge in [-0.2, -0.15) is 0 Å². The molecule has 4 aromatic rings. The lowest BCUT2D eigenvalue weighted by Gasteiger charge is -2.11. The van der Waals surface area contributed by atoms with Crippen molar-refractivity contribution >= 4 is 33.0 Å². The van der Waals surface area contributed by atoms with Gasteiger partial charge in [-0.1, -0.05) is 36.4 Å². The average Bonchev–Trinajstić information content (AvgIpc) is 3.45. The molecule has 0 aliphatic rings. The number of sulfonamides is 1. The highest BCUT2D eigenvalue weighted by molar-refractivity contribution is 7.94. The van der Waals surface area contributed by atoms with Crippen LogP contribution in [-0.2, 0) is 21.4 Å². The van der Waals surface area contributed by atoms with Crippen LogP contribution in [0.15, 0.2) is 87.0 Å². The maximum Gasteiger partial charge on any atom is 0.340 e. The molecule has 7 nitrogen and oxygen atoms in total. The average molecular weight is 441 g/mol. The zero-order valence-corrected chi connectivity index (χ0v) is 17.2. The Hall–Kier alpha value is -3.43. The Balaban J connectivity index is 1.46. The van der Waals surface area contributed by atoms with Crippen LogP contribution in [0.25, 0.3) is 11.5 Å². The van der Waals surface area contributed by atoms with E-state index in [1.807, 2.05) is 30.3 Å². The van der Waals surface area contributed by atoms with Gasteiger partial charge in [0.05, 0.1) is 11.3 Å². The number of aromatic nitrogens is 1. The van der Waals surface area contributed by atoms with E-state index in [0.29, 0.717) is 11.6 Å². The fourth-order valence-corrected chi connectivity index (χ4v) is 4.74. The number of ether oxygens (including phenoxy) is 1. The van der Waals surface area contributed by atoms with Crippen LogP contribution in [0.4, 0.5) is 5.69 Å². The monoisotopic (exact) mass is 440 g/mol. The summed E-state index contributed by atoms with van der Waals surface area (Å²) >= 11 is 1.09. The predicted molar refractivity (Wildman–Crippen MR) is 113 cm³/mol. The van der Waals surface area contributed by atoms with Gasteiger partial charge in [0.2, 0.25) is 5.89 Å². The minimum atomic E-state index is -3.79. The van der Waals surface area contributed by atoms with Crippen molar-refractivity contribution in [3.05, 3.63) is 89.6 Å². The summed E-state index contributed by atoms with van der Waals surface area (Å²) in [4.78, 5) is 16.9. The van der Waals surface area contributed by atoms with Gasteiger partial charge in [0.1, 0.15) is 22.8 Å². The minimum Gasteiger partial charge on any atom is -0.455 e. The molecule has 0 aliphatic heterocycles. The highest BCUT2D eigenvalue weighted by Gasteiger charge is 2.20. The molecule has 152 valence electrons. The topological polar surface area (TPSA) is 98.5 Å². The lowest BCUT2D eigenvalue weighted by Crippen LogP contribution is -2.15. The molecule has 2 aromatic heterocycles. The molecule has 0 spiro atoms. The van der Waals surface area contributed by atoms with Crippen LogP contribution in [0.3, 0.4) is 0 Å². The Morgan fingerprint density at radius 3 is 2.57 bits per heavy atom. The fourth-order valence-electron chi connectivity index (χ4n) is 2.67. The van der Waals surface area contributed by atoms with Crippen molar-refractivity contribution in [2.24, 2.45) is 0 Å². The first-order valence-electron chi connectivity index (χ1n) is 8.85. The van der Waals surface area contributed by atoms with Gasteiger partial charge in [-0.3, -0.25) is 4.72 Å². The van der Waals surface area contributed by atoms with Crippen molar-refractivity contribution in [1.82, 2.24) is 4.98 Å². The van der Waals surface area contributed by atoms with E-state index < -0.39 is 16.0 Å². The maximum atomic E-state index is 12.6. The van der Waals surface area contributed by atoms with Gasteiger partial charge < -0.3 is 9.15 Å². The molecule has 0 amide bonds. The van der Waals surface area contributed by atoms with Gasteiger partial charge in [0.25, 0.3) is 10.0 Å². The molecule has 30 heavy (non-hydrogen) atoms. The van der Waals surface area contributed by atoms with Crippen LogP contribution in [0.5, 0.6) is 0 Å². The van der Waals surface area contributed by atoms with E-state index in [0.717, 1.165) is 16.9 Å². The van der Waals surface area contributed by atoms with E-state index in [4.69, 9.17) is 9.15 Å². The number of oxazole rings is 1. The first kappa shape index (κ1) is 19.9. The number of hydrogen-bond donors (Lipinski definition) is 1. The molecule has 0 saturated heterocycles. The maximum absolute atomic E-state index is 12.6. The minimum absolute atomic E-state index is 0.101. The summed E-state index contributed by atoms with van der Waals surface area (Å²) in [5.74, 6) is -0.255. The second kappa shape index (κ2) is 8.52. The van der Waals surface area contributed by atoms with E-state index in [1.54, 1.807) is 23.6 Å². The highest BCUT2D eigenvalue weighted by atomic mass is 32.2. The largest absolute Gasteiger partial charge is 0.455 e. The number of carbonyl (C=O) groups excluding carboxylic acids is 1. The van der Waals surface area contributed by atoms with Gasteiger partial charge in [-0.15, -0.1) is 11.3 Å². The summed E-state index contributed by atoms with van der Waals surface area (Å²) in [6.07, 6.45) is 1.42. The summed E-state index contributed by atoms with van der Waals surface area (Å²) < 4.78 is 38.3. The summed E-state index contributed by atoms with van der Waals surface area (Å²) in [5, 5.41) is 1.66. The number of nitrogens with zero attached hydrogens (tertiary/aromatic N) is 1. The molecule has 0 bridgehead atoms. The first-order chi connectivity index (χ1) is 14.5. The lowest BCUT2D eigenvalue weighted by molar-refractivity contribution is 0.0469. The van der Waals surface area contributed by atoms with Gasteiger partial charge in [0, 0.05) is 5.56 Å². The van der Waals surface area contributed by atoms with Gasteiger partial charge in [0.15, 0.2) is 0 Å². The van der Waals surface area contributed by atoms with Crippen LogP contribution in [0.2, 0.25) is 0 Å². The summed E-state index contributed by atoms with van der Waals surface area (Å²) in [5.41, 5.74) is 1.49. The fraction of sp³-hybridized carbons (Fsp3) is 0.0476. The van der Waals surface area contributed by atoms with Crippen molar-refractivity contribution in [3.63, 3.8) is 0 Å². The number of nitrogens with one attached hydrogen (secondary N) is 1. The van der Waals surface area contributed by atoms with Crippen LogP contribution in [-0.4, -0.2) is 19.4 Å². The van der Waals surface area contributed by atoms with E-state index in [1.165, 1.54) is 24.5 Å². The van der Waals surface area contributed by atoms with Crippen molar-refractivity contribution in [3.8, 4) is 11.5 Å². The third-order valence-electron chi connectivity index (χ3n) is 4.07. The SMILES string of the molecule is O=C(OCc1coc(-c2ccccc2)n1)c1ccccc1NS(=O)(=O)c1cccs1. The Morgan fingerprint density at radius 1 is 1.03 bits per heavy atom. The molecular formula is C21H16N2O5S2. The lowest BCUT2D eigenvalue weighted by atomic mass is 10.2. The molecule has 0 radical (unpaired) electrons. The summed E-state index contributed by atoms with van der Waals surface area (Å²) in [6.45, 7) is -0.110. The van der Waals surface area contributed by atoms with Gasteiger partial charge in [-0.05, 0) is 35.7 Å². The Labute approximate surface area is 177 Å². The number of esters is 1. The molecule has 0 atom stereocenters. The molecule has 0 aliphatic carbocycles. The number of hydrogen-bond acceptors (Lipinski definition) is 7. The Kier molecular flexibility index (Phi) is 5.64. The third-order valence-corrected chi connectivity index (χ3v) is 6.84. The molecule has 9 heteroatoms. The predicted octanol–water partition coefficient (Wildman–Crippen LogP) is 4.56. The van der Waals surface area contributed by atoms with Crippen molar-refractivity contribution in [2.45, 2.75) is 10.8 Å². The molecule has 2 aromatic carbocycles. The number of rotatable bonds is 7. The Bertz CT molecular complexity index is 1250. The molecule has 0 unspecified atom stereocenters. The molecule has 0 saturated carbocycles. The van der Waals surface area contributed by atoms with E-state index >= 15 is 0 Å². The van der Waals surface area contributed by atoms with E-state index in [9.17, 15) is 13.2 Å². The van der Waals surface area contributed by atoms with Crippen molar-refractivity contribution in [1.29, 1.82) is 0 Å². The zero-order chi connectivity index (χ0) is 21.0. The standard InChI is InChI=1S/C21H16N2O5S2/c24-21(28-14-16-13-27-20(22-16)15-7-2-1-3-8-15)17-9-4-5-10-18(17)23-30(25,26)19-11-6-12-29-19/h1-13,23H,14H2. The van der Waals surface area contributed by atoms with Crippen LogP contribution in [0, 0.1) is 0 Å². The first-order valence-corrected chi connectivity index (χ1v) is 11.2. The third kappa shape index (κ3) is 4.42. The highest BCUT2D eigenvalue weighted by Crippen LogP contribution is 2.24. The van der Waals surface area contributed by atoms with Gasteiger partial charge >= 0.3 is 5.97 Å². The molecule has 0 fully saturated rings. The van der Waals surface area contributed by atoms with Crippen LogP contribution >= 0.6 is 11.3 Å². The van der Waals surface area contributed by atoms with E-state index in [-0.39, 0.29) is 22.1 Å². The van der Waals surface area contributed by atoms with Crippen molar-refractivity contribution < 1.29 is 22.4 Å². The molecular weight excluding hydrogens is 424 g/mol. The quantitative estimate of drug-likeness (QED) is 0.423. The molecule has 4 rings (SSSR count). The summed E-state index contributed by atoms with van der Waals surface area (Å²) in [7, 11) is -3.79.